The first-order valence-corrected chi connectivity index (χ1v) is 6.88. The third-order valence-corrected chi connectivity index (χ3v) is 3.40. The summed E-state index contributed by atoms with van der Waals surface area (Å²) < 4.78 is 37.9. The molecule has 2 aromatic rings. The lowest BCUT2D eigenvalue weighted by atomic mass is 10.1. The van der Waals surface area contributed by atoms with Gasteiger partial charge in [-0.1, -0.05) is 12.1 Å². The summed E-state index contributed by atoms with van der Waals surface area (Å²) in [6.45, 7) is 1.61. The Balaban J connectivity index is 2.03. The fourth-order valence-electron chi connectivity index (χ4n) is 1.68. The largest absolute Gasteiger partial charge is 0.416 e. The summed E-state index contributed by atoms with van der Waals surface area (Å²) in [5.41, 5.74) is -0.368. The van der Waals surface area contributed by atoms with Crippen LogP contribution in [0.15, 0.2) is 35.8 Å². The highest BCUT2D eigenvalue weighted by Crippen LogP contribution is 2.30. The van der Waals surface area contributed by atoms with Gasteiger partial charge in [0, 0.05) is 11.6 Å². The molecule has 21 heavy (non-hydrogen) atoms. The maximum absolute atomic E-state index is 12.6. The van der Waals surface area contributed by atoms with Crippen LogP contribution in [0.25, 0.3) is 0 Å². The molecule has 0 fully saturated rings. The van der Waals surface area contributed by atoms with Gasteiger partial charge in [0.2, 0.25) is 0 Å². The van der Waals surface area contributed by atoms with Gasteiger partial charge in [-0.3, -0.25) is 5.32 Å². The number of hydrogen-bond acceptors (Lipinski definition) is 3. The number of halogens is 3. The Kier molecular flexibility index (Phi) is 4.46. The van der Waals surface area contributed by atoms with Crippen molar-refractivity contribution in [3.8, 4) is 0 Å². The van der Waals surface area contributed by atoms with Gasteiger partial charge < -0.3 is 5.32 Å². The van der Waals surface area contributed by atoms with E-state index < -0.39 is 23.8 Å². The molecule has 8 heteroatoms. The van der Waals surface area contributed by atoms with E-state index in [1.54, 1.807) is 12.3 Å². The summed E-state index contributed by atoms with van der Waals surface area (Å²) in [5.74, 6) is 0. The van der Waals surface area contributed by atoms with Crippen molar-refractivity contribution in [2.75, 3.05) is 5.32 Å². The second-order valence-corrected chi connectivity index (χ2v) is 5.18. The second kappa shape index (κ2) is 6.13. The predicted octanol–water partition coefficient (Wildman–Crippen LogP) is 4.04. The number of rotatable bonds is 3. The average molecular weight is 315 g/mol. The van der Waals surface area contributed by atoms with Crippen molar-refractivity contribution < 1.29 is 18.0 Å². The number of hydrogen-bond donors (Lipinski definition) is 2. The van der Waals surface area contributed by atoms with Crippen molar-refractivity contribution in [3.63, 3.8) is 0 Å². The molecule has 0 aliphatic carbocycles. The van der Waals surface area contributed by atoms with Gasteiger partial charge in [-0.2, -0.15) is 13.2 Å². The molecule has 1 aromatic carbocycles. The summed E-state index contributed by atoms with van der Waals surface area (Å²) >= 11 is 1.25. The lowest BCUT2D eigenvalue weighted by molar-refractivity contribution is -0.137. The van der Waals surface area contributed by atoms with Gasteiger partial charge in [-0.15, -0.1) is 11.3 Å². The number of aromatic nitrogens is 1. The van der Waals surface area contributed by atoms with Crippen LogP contribution in [0.5, 0.6) is 0 Å². The number of nitrogens with one attached hydrogen (secondary N) is 2. The first-order valence-electron chi connectivity index (χ1n) is 6.00. The molecule has 2 N–H and O–H groups in total. The van der Waals surface area contributed by atoms with E-state index in [1.165, 1.54) is 29.7 Å². The van der Waals surface area contributed by atoms with Crippen molar-refractivity contribution in [2.24, 2.45) is 0 Å². The van der Waals surface area contributed by atoms with Crippen LogP contribution in [0, 0.1) is 0 Å². The van der Waals surface area contributed by atoms with E-state index in [2.05, 4.69) is 15.6 Å². The second-order valence-electron chi connectivity index (χ2n) is 4.28. The number of carbonyl (C=O) groups excluding carboxylic acids is 1. The smallest absolute Gasteiger partial charge is 0.331 e. The molecule has 1 unspecified atom stereocenters. The summed E-state index contributed by atoms with van der Waals surface area (Å²) in [6.07, 6.45) is -2.87. The van der Waals surface area contributed by atoms with Gasteiger partial charge in [0.05, 0.1) is 11.6 Å². The van der Waals surface area contributed by atoms with Crippen molar-refractivity contribution in [3.05, 3.63) is 47.0 Å². The van der Waals surface area contributed by atoms with Gasteiger partial charge >= 0.3 is 12.2 Å². The highest BCUT2D eigenvalue weighted by atomic mass is 32.1. The Hall–Kier alpha value is -2.09. The zero-order valence-electron chi connectivity index (χ0n) is 10.9. The highest BCUT2D eigenvalue weighted by Gasteiger charge is 2.30. The summed E-state index contributed by atoms with van der Waals surface area (Å²) in [6, 6.07) is 3.78. The summed E-state index contributed by atoms with van der Waals surface area (Å²) in [4.78, 5) is 15.6. The summed E-state index contributed by atoms with van der Waals surface area (Å²) in [7, 11) is 0. The SMILES string of the molecule is CC(NC(=O)Nc1nccs1)c1cccc(C(F)(F)F)c1. The van der Waals surface area contributed by atoms with Crippen LogP contribution in [0.2, 0.25) is 0 Å². The number of amides is 2. The Morgan fingerprint density at radius 3 is 2.76 bits per heavy atom. The van der Waals surface area contributed by atoms with Gasteiger partial charge in [0.1, 0.15) is 0 Å². The van der Waals surface area contributed by atoms with Gasteiger partial charge in [0.25, 0.3) is 0 Å². The van der Waals surface area contributed by atoms with Crippen LogP contribution in [0.3, 0.4) is 0 Å². The number of nitrogens with zero attached hydrogens (tertiary/aromatic N) is 1. The molecule has 0 aliphatic rings. The third kappa shape index (κ3) is 4.19. The first kappa shape index (κ1) is 15.3. The number of carbonyl (C=O) groups is 1. The molecule has 1 aromatic heterocycles. The first-order chi connectivity index (χ1) is 9.86. The monoisotopic (exact) mass is 315 g/mol. The molecule has 0 saturated carbocycles. The summed E-state index contributed by atoms with van der Waals surface area (Å²) in [5, 5.41) is 7.19. The van der Waals surface area contributed by atoms with E-state index in [0.717, 1.165) is 12.1 Å². The molecule has 0 bridgehead atoms. The van der Waals surface area contributed by atoms with E-state index >= 15 is 0 Å². The van der Waals surface area contributed by atoms with Crippen LogP contribution in [0.4, 0.5) is 23.1 Å². The zero-order chi connectivity index (χ0) is 15.5. The van der Waals surface area contributed by atoms with E-state index in [-0.39, 0.29) is 0 Å². The maximum atomic E-state index is 12.6. The number of thiazole rings is 1. The number of anilines is 1. The van der Waals surface area contributed by atoms with E-state index in [9.17, 15) is 18.0 Å². The van der Waals surface area contributed by atoms with Crippen LogP contribution in [-0.2, 0) is 6.18 Å². The fourth-order valence-corrected chi connectivity index (χ4v) is 2.21. The highest BCUT2D eigenvalue weighted by molar-refractivity contribution is 7.13. The zero-order valence-corrected chi connectivity index (χ0v) is 11.8. The minimum atomic E-state index is -4.40. The van der Waals surface area contributed by atoms with Crippen molar-refractivity contribution in [1.29, 1.82) is 0 Å². The Labute approximate surface area is 123 Å². The van der Waals surface area contributed by atoms with Crippen molar-refractivity contribution >= 4 is 22.5 Å². The number of urea groups is 1. The molecule has 0 radical (unpaired) electrons. The molecular weight excluding hydrogens is 303 g/mol. The molecule has 1 heterocycles. The topological polar surface area (TPSA) is 54.0 Å². The minimum absolute atomic E-state index is 0.374. The van der Waals surface area contributed by atoms with E-state index in [0.29, 0.717) is 10.7 Å². The Morgan fingerprint density at radius 2 is 2.14 bits per heavy atom. The molecule has 112 valence electrons. The molecule has 2 rings (SSSR count). The van der Waals surface area contributed by atoms with Crippen LogP contribution >= 0.6 is 11.3 Å². The number of alkyl halides is 3. The van der Waals surface area contributed by atoms with Gasteiger partial charge in [-0.25, -0.2) is 9.78 Å². The van der Waals surface area contributed by atoms with Crippen LogP contribution in [-0.4, -0.2) is 11.0 Å². The molecule has 2 amide bonds. The van der Waals surface area contributed by atoms with Gasteiger partial charge in [-0.05, 0) is 24.6 Å². The lowest BCUT2D eigenvalue weighted by Gasteiger charge is -2.16. The number of benzene rings is 1. The van der Waals surface area contributed by atoms with Crippen LogP contribution in [0.1, 0.15) is 24.1 Å². The van der Waals surface area contributed by atoms with Crippen molar-refractivity contribution in [1.82, 2.24) is 10.3 Å². The van der Waals surface area contributed by atoms with E-state index in [1.807, 2.05) is 0 Å². The molecular formula is C13H12F3N3OS. The predicted molar refractivity (Wildman–Crippen MR) is 74.1 cm³/mol. The lowest BCUT2D eigenvalue weighted by Crippen LogP contribution is -2.31. The van der Waals surface area contributed by atoms with Crippen molar-refractivity contribution in [2.45, 2.75) is 19.1 Å². The minimum Gasteiger partial charge on any atom is -0.331 e. The van der Waals surface area contributed by atoms with Crippen LogP contribution < -0.4 is 10.6 Å². The third-order valence-electron chi connectivity index (χ3n) is 2.71. The Bertz CT molecular complexity index is 613. The fraction of sp³-hybridized carbons (Fsp3) is 0.231. The normalized spacial score (nSPS) is 12.8. The molecule has 4 nitrogen and oxygen atoms in total. The average Bonchev–Trinajstić information content (AvgIpc) is 2.90. The quantitative estimate of drug-likeness (QED) is 0.898. The standard InChI is InChI=1S/C13H12F3N3OS/c1-8(18-11(20)19-12-17-5-6-21-12)9-3-2-4-10(7-9)13(14,15)16/h2-8H,1H3,(H2,17,18,19,20). The molecule has 0 spiro atoms. The van der Waals surface area contributed by atoms with Gasteiger partial charge in [0.15, 0.2) is 5.13 Å². The van der Waals surface area contributed by atoms with E-state index in [4.69, 9.17) is 0 Å². The maximum Gasteiger partial charge on any atom is 0.416 e. The Morgan fingerprint density at radius 1 is 1.38 bits per heavy atom. The molecule has 0 saturated heterocycles. The molecule has 1 atom stereocenters. The molecule has 0 aliphatic heterocycles.